The van der Waals surface area contributed by atoms with Crippen molar-refractivity contribution in [2.45, 2.75) is 13.0 Å². The minimum absolute atomic E-state index is 0.281. The van der Waals surface area contributed by atoms with Gasteiger partial charge in [0.05, 0.1) is 0 Å². The number of fused-ring (bicyclic) bond motifs is 1. The Morgan fingerprint density at radius 2 is 1.52 bits per heavy atom. The third kappa shape index (κ3) is 2.79. The molecule has 0 heterocycles. The summed E-state index contributed by atoms with van der Waals surface area (Å²) in [7, 11) is 0. The Morgan fingerprint density at radius 1 is 0.857 bits per heavy atom. The Hall–Kier alpha value is -2.61. The van der Waals surface area contributed by atoms with E-state index in [-0.39, 0.29) is 12.1 Å². The standard InChI is InChI=1S/C19H16O2/c1-14(20)21-19(16-9-3-2-4-10-16)18-13-7-11-15-8-5-6-12-17(15)18/h2-13,19H,1H3/t19-/m1/s1. The molecule has 2 nitrogen and oxygen atoms in total. The van der Waals surface area contributed by atoms with E-state index >= 15 is 0 Å². The summed E-state index contributed by atoms with van der Waals surface area (Å²) < 4.78 is 5.59. The second-order valence-electron chi connectivity index (χ2n) is 4.97. The quantitative estimate of drug-likeness (QED) is 0.659. The molecule has 0 aliphatic heterocycles. The molecule has 0 N–H and O–H groups in total. The zero-order chi connectivity index (χ0) is 14.7. The van der Waals surface area contributed by atoms with Gasteiger partial charge in [-0.15, -0.1) is 0 Å². The van der Waals surface area contributed by atoms with Crippen LogP contribution < -0.4 is 0 Å². The average molecular weight is 276 g/mol. The molecule has 0 spiro atoms. The summed E-state index contributed by atoms with van der Waals surface area (Å²) in [6.45, 7) is 1.45. The molecule has 0 aromatic heterocycles. The molecule has 104 valence electrons. The highest BCUT2D eigenvalue weighted by molar-refractivity contribution is 5.86. The molecule has 0 fully saturated rings. The summed E-state index contributed by atoms with van der Waals surface area (Å²) in [6.07, 6.45) is -0.380. The number of esters is 1. The highest BCUT2D eigenvalue weighted by atomic mass is 16.5. The SMILES string of the molecule is CC(=O)O[C@H](c1ccccc1)c1cccc2ccccc12. The monoisotopic (exact) mass is 276 g/mol. The zero-order valence-corrected chi connectivity index (χ0v) is 11.8. The van der Waals surface area contributed by atoms with E-state index in [1.807, 2.05) is 54.6 Å². The lowest BCUT2D eigenvalue weighted by Crippen LogP contribution is -2.10. The van der Waals surface area contributed by atoms with Gasteiger partial charge in [-0.1, -0.05) is 72.8 Å². The fraction of sp³-hybridized carbons (Fsp3) is 0.105. The fourth-order valence-electron chi connectivity index (χ4n) is 2.58. The maximum absolute atomic E-state index is 11.5. The second-order valence-corrected chi connectivity index (χ2v) is 4.97. The van der Waals surface area contributed by atoms with Gasteiger partial charge in [0, 0.05) is 12.5 Å². The van der Waals surface area contributed by atoms with Crippen LogP contribution in [0.15, 0.2) is 72.8 Å². The summed E-state index contributed by atoms with van der Waals surface area (Å²) in [5.41, 5.74) is 1.98. The zero-order valence-electron chi connectivity index (χ0n) is 11.8. The van der Waals surface area contributed by atoms with Crippen molar-refractivity contribution >= 4 is 16.7 Å². The molecule has 3 aromatic rings. The van der Waals surface area contributed by atoms with Crippen molar-refractivity contribution in [1.82, 2.24) is 0 Å². The van der Waals surface area contributed by atoms with E-state index in [4.69, 9.17) is 4.74 Å². The van der Waals surface area contributed by atoms with Crippen molar-refractivity contribution < 1.29 is 9.53 Å². The largest absolute Gasteiger partial charge is 0.453 e. The maximum atomic E-state index is 11.5. The number of hydrogen-bond acceptors (Lipinski definition) is 2. The van der Waals surface area contributed by atoms with E-state index in [9.17, 15) is 4.79 Å². The first-order valence-corrected chi connectivity index (χ1v) is 6.95. The minimum Gasteiger partial charge on any atom is -0.453 e. The lowest BCUT2D eigenvalue weighted by molar-refractivity contribution is -0.144. The topological polar surface area (TPSA) is 26.3 Å². The van der Waals surface area contributed by atoms with Gasteiger partial charge in [0.2, 0.25) is 0 Å². The predicted octanol–water partition coefficient (Wildman–Crippen LogP) is 4.49. The molecule has 0 aliphatic carbocycles. The Morgan fingerprint density at radius 3 is 2.29 bits per heavy atom. The lowest BCUT2D eigenvalue weighted by atomic mass is 9.96. The van der Waals surface area contributed by atoms with E-state index in [1.54, 1.807) is 0 Å². The summed E-state index contributed by atoms with van der Waals surface area (Å²) >= 11 is 0. The molecular weight excluding hydrogens is 260 g/mol. The van der Waals surface area contributed by atoms with E-state index in [0.717, 1.165) is 21.9 Å². The number of ether oxygens (including phenoxy) is 1. The third-order valence-electron chi connectivity index (χ3n) is 3.49. The predicted molar refractivity (Wildman–Crippen MR) is 84.0 cm³/mol. The van der Waals surface area contributed by atoms with Crippen molar-refractivity contribution in [3.8, 4) is 0 Å². The maximum Gasteiger partial charge on any atom is 0.303 e. The third-order valence-corrected chi connectivity index (χ3v) is 3.49. The number of carbonyl (C=O) groups excluding carboxylic acids is 1. The molecule has 0 aliphatic rings. The minimum atomic E-state index is -0.380. The normalized spacial score (nSPS) is 12.0. The van der Waals surface area contributed by atoms with Gasteiger partial charge in [-0.3, -0.25) is 4.79 Å². The van der Waals surface area contributed by atoms with Gasteiger partial charge in [-0.25, -0.2) is 0 Å². The van der Waals surface area contributed by atoms with Crippen LogP contribution in [0, 0.1) is 0 Å². The van der Waals surface area contributed by atoms with Gasteiger partial charge in [0.1, 0.15) is 0 Å². The van der Waals surface area contributed by atoms with Crippen molar-refractivity contribution in [1.29, 1.82) is 0 Å². The lowest BCUT2D eigenvalue weighted by Gasteiger charge is -2.19. The van der Waals surface area contributed by atoms with Crippen molar-refractivity contribution in [3.05, 3.63) is 83.9 Å². The molecule has 21 heavy (non-hydrogen) atoms. The summed E-state index contributed by atoms with van der Waals surface area (Å²) in [5, 5.41) is 2.25. The van der Waals surface area contributed by atoms with E-state index in [2.05, 4.69) is 18.2 Å². The highest BCUT2D eigenvalue weighted by Crippen LogP contribution is 2.31. The van der Waals surface area contributed by atoms with E-state index < -0.39 is 0 Å². The van der Waals surface area contributed by atoms with Gasteiger partial charge in [-0.2, -0.15) is 0 Å². The van der Waals surface area contributed by atoms with E-state index in [1.165, 1.54) is 6.92 Å². The van der Waals surface area contributed by atoms with Gasteiger partial charge >= 0.3 is 5.97 Å². The Balaban J connectivity index is 2.17. The number of carbonyl (C=O) groups is 1. The molecule has 1 atom stereocenters. The van der Waals surface area contributed by atoms with Crippen LogP contribution in [0.2, 0.25) is 0 Å². The molecule has 0 radical (unpaired) electrons. The molecule has 0 unspecified atom stereocenters. The van der Waals surface area contributed by atoms with Crippen molar-refractivity contribution in [2.24, 2.45) is 0 Å². The van der Waals surface area contributed by atoms with Crippen LogP contribution in [0.4, 0.5) is 0 Å². The van der Waals surface area contributed by atoms with Gasteiger partial charge in [0.25, 0.3) is 0 Å². The van der Waals surface area contributed by atoms with Crippen LogP contribution in [0.1, 0.15) is 24.2 Å². The van der Waals surface area contributed by atoms with E-state index in [0.29, 0.717) is 0 Å². The van der Waals surface area contributed by atoms with Crippen LogP contribution in [0.3, 0.4) is 0 Å². The molecule has 0 bridgehead atoms. The first kappa shape index (κ1) is 13.4. The Labute approximate surface area is 124 Å². The fourth-order valence-corrected chi connectivity index (χ4v) is 2.58. The van der Waals surface area contributed by atoms with Crippen molar-refractivity contribution in [2.75, 3.05) is 0 Å². The van der Waals surface area contributed by atoms with Gasteiger partial charge in [0.15, 0.2) is 6.10 Å². The molecular formula is C19H16O2. The molecule has 2 heteroatoms. The molecule has 0 amide bonds. The summed E-state index contributed by atoms with van der Waals surface area (Å²) in [5.74, 6) is -0.281. The highest BCUT2D eigenvalue weighted by Gasteiger charge is 2.19. The molecule has 0 saturated heterocycles. The number of rotatable bonds is 3. The Bertz CT molecular complexity index is 757. The van der Waals surface area contributed by atoms with Crippen LogP contribution in [-0.2, 0) is 9.53 Å². The second kappa shape index (κ2) is 5.80. The molecule has 3 rings (SSSR count). The summed E-state index contributed by atoms with van der Waals surface area (Å²) in [4.78, 5) is 11.5. The molecule has 0 saturated carbocycles. The van der Waals surface area contributed by atoms with Crippen LogP contribution in [0.5, 0.6) is 0 Å². The smallest absolute Gasteiger partial charge is 0.303 e. The van der Waals surface area contributed by atoms with Gasteiger partial charge < -0.3 is 4.74 Å². The van der Waals surface area contributed by atoms with Crippen molar-refractivity contribution in [3.63, 3.8) is 0 Å². The summed E-state index contributed by atoms with van der Waals surface area (Å²) in [6, 6.07) is 24.0. The number of benzene rings is 3. The van der Waals surface area contributed by atoms with Gasteiger partial charge in [-0.05, 0) is 16.3 Å². The Kier molecular flexibility index (Phi) is 3.69. The number of hydrogen-bond donors (Lipinski definition) is 0. The first-order valence-electron chi connectivity index (χ1n) is 6.95. The van der Waals surface area contributed by atoms with Crippen LogP contribution in [-0.4, -0.2) is 5.97 Å². The average Bonchev–Trinajstić information content (AvgIpc) is 2.53. The first-order chi connectivity index (χ1) is 10.3. The van der Waals surface area contributed by atoms with Crippen LogP contribution >= 0.6 is 0 Å². The molecule has 3 aromatic carbocycles. The van der Waals surface area contributed by atoms with Crippen LogP contribution in [0.25, 0.3) is 10.8 Å².